The number of hydrogen-bond donors (Lipinski definition) is 3. The first-order chi connectivity index (χ1) is 22.0. The molecule has 0 radical (unpaired) electrons. The van der Waals surface area contributed by atoms with Gasteiger partial charge in [0.15, 0.2) is 17.5 Å². The molecule has 17 heteroatoms. The lowest BCUT2D eigenvalue weighted by molar-refractivity contribution is -0.265. The van der Waals surface area contributed by atoms with Crippen molar-refractivity contribution in [3.63, 3.8) is 0 Å². The predicted molar refractivity (Wildman–Crippen MR) is 153 cm³/mol. The first kappa shape index (κ1) is 32.4. The zero-order valence-corrected chi connectivity index (χ0v) is 25.2. The van der Waals surface area contributed by atoms with Gasteiger partial charge in [-0.1, -0.05) is 11.6 Å². The number of carbonyl (C=O) groups excluding carboxylic acids is 2. The van der Waals surface area contributed by atoms with Gasteiger partial charge >= 0.3 is 6.18 Å². The van der Waals surface area contributed by atoms with E-state index in [1.54, 1.807) is 10.9 Å². The lowest BCUT2D eigenvalue weighted by Crippen LogP contribution is -2.51. The Morgan fingerprint density at radius 3 is 2.51 bits per heavy atom. The molecule has 1 saturated carbocycles. The summed E-state index contributed by atoms with van der Waals surface area (Å²) in [5, 5.41) is 17.2. The van der Waals surface area contributed by atoms with Crippen molar-refractivity contribution in [3.8, 4) is 22.8 Å². The number of primary amides is 1. The number of pyridine rings is 1. The number of fused-ring (bicyclic) bond motifs is 2. The molecule has 2 aromatic carbocycles. The lowest BCUT2D eigenvalue weighted by atomic mass is 9.81. The Kier molecular flexibility index (Phi) is 7.58. The fourth-order valence-electron chi connectivity index (χ4n) is 5.31. The second kappa shape index (κ2) is 11.0. The van der Waals surface area contributed by atoms with Crippen molar-refractivity contribution in [1.29, 1.82) is 0 Å². The van der Waals surface area contributed by atoms with Gasteiger partial charge in [0.2, 0.25) is 11.5 Å². The molecule has 0 saturated heterocycles. The third-order valence-electron chi connectivity index (χ3n) is 8.37. The minimum atomic E-state index is -5.54. The zero-order chi connectivity index (χ0) is 34.2. The molecule has 248 valence electrons. The molecule has 2 amide bonds. The van der Waals surface area contributed by atoms with E-state index in [2.05, 4.69) is 15.4 Å². The highest BCUT2D eigenvalue weighted by Gasteiger charge is 2.58. The van der Waals surface area contributed by atoms with E-state index in [4.69, 9.17) is 26.8 Å². The van der Waals surface area contributed by atoms with Crippen molar-refractivity contribution in [3.05, 3.63) is 69.8 Å². The van der Waals surface area contributed by atoms with Crippen LogP contribution < -0.4 is 20.5 Å². The highest BCUT2D eigenvalue weighted by molar-refractivity contribution is 6.33. The highest BCUT2D eigenvalue weighted by atomic mass is 35.5. The third-order valence-corrected chi connectivity index (χ3v) is 8.74. The number of halogens is 7. The Morgan fingerprint density at radius 1 is 1.19 bits per heavy atom. The van der Waals surface area contributed by atoms with E-state index in [9.17, 15) is 41.0 Å². The van der Waals surface area contributed by atoms with Crippen molar-refractivity contribution in [2.75, 3.05) is 20.3 Å². The van der Waals surface area contributed by atoms with Crippen molar-refractivity contribution in [2.45, 2.75) is 43.0 Å². The van der Waals surface area contributed by atoms with Crippen LogP contribution in [0.15, 0.2) is 30.5 Å². The lowest BCUT2D eigenvalue weighted by Gasteiger charge is -2.31. The van der Waals surface area contributed by atoms with E-state index in [1.807, 2.05) is 0 Å². The SMILES string of the molecule is COc1cc(C(=O)NC[C@](O)(c2cc3c(c(-c4cc(F)c(F)c(F)c4Cl)n2)OC[C@]3(C)C(N)=O)C(F)(F)F)cc2cn(C3CC3)nc12. The Balaban J connectivity index is 1.44. The molecule has 0 spiro atoms. The Labute approximate surface area is 266 Å². The number of benzene rings is 2. The fourth-order valence-corrected chi connectivity index (χ4v) is 5.53. The Bertz CT molecular complexity index is 1980. The second-order valence-corrected chi connectivity index (χ2v) is 11.9. The number of nitrogens with two attached hydrogens (primary N) is 1. The molecule has 1 aliphatic heterocycles. The number of aliphatic hydroxyl groups is 1. The van der Waals surface area contributed by atoms with Crippen LogP contribution >= 0.6 is 11.6 Å². The van der Waals surface area contributed by atoms with E-state index in [0.717, 1.165) is 12.8 Å². The summed E-state index contributed by atoms with van der Waals surface area (Å²) in [5.74, 6) is -7.92. The summed E-state index contributed by atoms with van der Waals surface area (Å²) in [4.78, 5) is 29.5. The number of alkyl halides is 3. The van der Waals surface area contributed by atoms with Crippen LogP contribution in [0.5, 0.6) is 11.5 Å². The van der Waals surface area contributed by atoms with Crippen molar-refractivity contribution in [1.82, 2.24) is 20.1 Å². The Hall–Kier alpha value is -4.57. The molecule has 2 aliphatic rings. The van der Waals surface area contributed by atoms with E-state index in [-0.39, 0.29) is 22.9 Å². The molecule has 6 rings (SSSR count). The van der Waals surface area contributed by atoms with Crippen molar-refractivity contribution >= 4 is 34.3 Å². The number of rotatable bonds is 8. The number of carbonyl (C=O) groups is 2. The van der Waals surface area contributed by atoms with Gasteiger partial charge in [-0.2, -0.15) is 18.3 Å². The Morgan fingerprint density at radius 2 is 1.89 bits per heavy atom. The number of nitrogens with one attached hydrogen (secondary N) is 1. The fraction of sp³-hybridized carbons (Fsp3) is 0.333. The molecular formula is C30H24ClF6N5O5. The first-order valence-corrected chi connectivity index (χ1v) is 14.3. The van der Waals surface area contributed by atoms with Gasteiger partial charge < -0.3 is 25.6 Å². The minimum absolute atomic E-state index is 0.115. The van der Waals surface area contributed by atoms with Gasteiger partial charge in [-0.05, 0) is 44.0 Å². The standard InChI is InChI=1S/C30H24ClF6N5O5/c1-28(27(38)44)11-47-25-16(28)8-19(40-24(25)15-7-17(32)21(33)22(34)20(15)31)29(45,30(35,36)37)10-39-26(43)12-5-13-9-42(14-3-4-14)41-23(13)18(6-12)46-2/h5-9,14,45H,3-4,10-11H2,1-2H3,(H2,38,44)(H,39,43)/t28-,29-/m0/s1. The van der Waals surface area contributed by atoms with Crippen LogP contribution in [0.1, 0.15) is 47.4 Å². The van der Waals surface area contributed by atoms with Crippen LogP contribution in [-0.4, -0.2) is 58.1 Å². The molecule has 2 aromatic heterocycles. The summed E-state index contributed by atoms with van der Waals surface area (Å²) in [5.41, 5.74) is -2.95. The number of amides is 2. The van der Waals surface area contributed by atoms with Crippen LogP contribution in [0.25, 0.3) is 22.2 Å². The number of methoxy groups -OCH3 is 1. The van der Waals surface area contributed by atoms with Gasteiger partial charge in [0, 0.05) is 28.3 Å². The van der Waals surface area contributed by atoms with Crippen molar-refractivity contribution < 1.29 is 50.5 Å². The number of aromatic nitrogens is 3. The van der Waals surface area contributed by atoms with Gasteiger partial charge in [-0.25, -0.2) is 18.2 Å². The third kappa shape index (κ3) is 5.19. The molecule has 3 heterocycles. The summed E-state index contributed by atoms with van der Waals surface area (Å²) in [6, 6.07) is 3.93. The molecule has 1 aliphatic carbocycles. The molecule has 10 nitrogen and oxygen atoms in total. The normalized spacial score (nSPS) is 18.9. The van der Waals surface area contributed by atoms with E-state index >= 15 is 0 Å². The van der Waals surface area contributed by atoms with E-state index in [0.29, 0.717) is 23.0 Å². The molecule has 0 unspecified atom stereocenters. The van der Waals surface area contributed by atoms with E-state index < -0.39 is 87.3 Å². The molecule has 4 N–H and O–H groups in total. The van der Waals surface area contributed by atoms with Gasteiger partial charge in [-0.3, -0.25) is 14.3 Å². The van der Waals surface area contributed by atoms with Crippen LogP contribution in [0.2, 0.25) is 5.02 Å². The molecule has 2 atom stereocenters. The highest BCUT2D eigenvalue weighted by Crippen LogP contribution is 2.49. The molecule has 0 bridgehead atoms. The van der Waals surface area contributed by atoms with Crippen LogP contribution in [0.4, 0.5) is 26.3 Å². The number of hydrogen-bond acceptors (Lipinski definition) is 7. The summed E-state index contributed by atoms with van der Waals surface area (Å²) in [6.45, 7) is -0.815. The van der Waals surface area contributed by atoms with E-state index in [1.165, 1.54) is 26.2 Å². The first-order valence-electron chi connectivity index (χ1n) is 14.0. The van der Waals surface area contributed by atoms with Crippen LogP contribution in [0.3, 0.4) is 0 Å². The second-order valence-electron chi connectivity index (χ2n) is 11.6. The maximum atomic E-state index is 14.8. The van der Waals surface area contributed by atoms with Gasteiger partial charge in [0.05, 0.1) is 30.4 Å². The van der Waals surface area contributed by atoms with Crippen LogP contribution in [0, 0.1) is 17.5 Å². The molecule has 4 aromatic rings. The predicted octanol–water partition coefficient (Wildman–Crippen LogP) is 4.83. The quantitative estimate of drug-likeness (QED) is 0.137. The maximum absolute atomic E-state index is 14.8. The monoisotopic (exact) mass is 683 g/mol. The molecule has 1 fully saturated rings. The largest absolute Gasteiger partial charge is 0.494 e. The maximum Gasteiger partial charge on any atom is 0.424 e. The summed E-state index contributed by atoms with van der Waals surface area (Å²) in [7, 11) is 1.33. The number of nitrogens with zero attached hydrogens (tertiary/aromatic N) is 3. The summed E-state index contributed by atoms with van der Waals surface area (Å²) < 4.78 is 99.5. The van der Waals surface area contributed by atoms with Gasteiger partial charge in [0.25, 0.3) is 5.91 Å². The van der Waals surface area contributed by atoms with Crippen molar-refractivity contribution in [2.24, 2.45) is 5.73 Å². The zero-order valence-electron chi connectivity index (χ0n) is 24.4. The average Bonchev–Trinajstić information content (AvgIpc) is 3.70. The minimum Gasteiger partial charge on any atom is -0.494 e. The summed E-state index contributed by atoms with van der Waals surface area (Å²) >= 11 is 5.93. The summed E-state index contributed by atoms with van der Waals surface area (Å²) in [6.07, 6.45) is -2.03. The molecule has 47 heavy (non-hydrogen) atoms. The molecular weight excluding hydrogens is 660 g/mol. The topological polar surface area (TPSA) is 142 Å². The van der Waals surface area contributed by atoms with Crippen LogP contribution in [-0.2, 0) is 15.8 Å². The number of ether oxygens (including phenoxy) is 2. The smallest absolute Gasteiger partial charge is 0.424 e. The van der Waals surface area contributed by atoms with Gasteiger partial charge in [-0.15, -0.1) is 0 Å². The average molecular weight is 684 g/mol. The van der Waals surface area contributed by atoms with Gasteiger partial charge in [0.1, 0.15) is 34.7 Å².